The number of sulfonamides is 1. The highest BCUT2D eigenvalue weighted by molar-refractivity contribution is 7.92. The summed E-state index contributed by atoms with van der Waals surface area (Å²) in [5.74, 6) is 1.64. The fourth-order valence-electron chi connectivity index (χ4n) is 3.92. The zero-order valence-corrected chi connectivity index (χ0v) is 20.3. The summed E-state index contributed by atoms with van der Waals surface area (Å²) in [6.07, 6.45) is 3.63. The molecule has 2 aromatic carbocycles. The number of rotatable bonds is 9. The SMILES string of the molecule is CCOc1ccc(OCC)c(S(=O)(=O)Nc2ccc(-c3ccc(N4CCCCC4)nn3)cc2)c1. The molecule has 9 heteroatoms. The monoisotopic (exact) mass is 482 g/mol. The first-order valence-corrected chi connectivity index (χ1v) is 13.1. The van der Waals surface area contributed by atoms with Crippen molar-refractivity contribution in [3.63, 3.8) is 0 Å². The average Bonchev–Trinajstić information content (AvgIpc) is 2.86. The van der Waals surface area contributed by atoms with Crippen molar-refractivity contribution in [2.45, 2.75) is 38.0 Å². The number of piperidine rings is 1. The van der Waals surface area contributed by atoms with Crippen LogP contribution in [-0.2, 0) is 10.0 Å². The van der Waals surface area contributed by atoms with Crippen LogP contribution in [0.25, 0.3) is 11.3 Å². The first-order valence-electron chi connectivity index (χ1n) is 11.6. The smallest absolute Gasteiger partial charge is 0.265 e. The normalized spacial score (nSPS) is 14.0. The Kier molecular flexibility index (Phi) is 7.52. The third-order valence-corrected chi connectivity index (χ3v) is 6.98. The number of nitrogens with zero attached hydrogens (tertiary/aromatic N) is 3. The van der Waals surface area contributed by atoms with Gasteiger partial charge in [0.05, 0.1) is 18.9 Å². The zero-order chi connectivity index (χ0) is 24.0. The molecule has 0 unspecified atom stereocenters. The van der Waals surface area contributed by atoms with E-state index in [1.165, 1.54) is 25.3 Å². The van der Waals surface area contributed by atoms with Crippen LogP contribution in [0.3, 0.4) is 0 Å². The highest BCUT2D eigenvalue weighted by atomic mass is 32.2. The standard InChI is InChI=1S/C25H30N4O4S/c1-3-32-21-12-14-23(33-4-2)24(18-21)34(30,31)28-20-10-8-19(9-11-20)22-13-15-25(27-26-22)29-16-6-5-7-17-29/h8-15,18,28H,3-7,16-17H2,1-2H3. The van der Waals surface area contributed by atoms with Gasteiger partial charge in [0.25, 0.3) is 10.0 Å². The minimum absolute atomic E-state index is 0.0311. The summed E-state index contributed by atoms with van der Waals surface area (Å²) < 4.78 is 39.9. The van der Waals surface area contributed by atoms with Gasteiger partial charge in [0, 0.05) is 30.4 Å². The summed E-state index contributed by atoms with van der Waals surface area (Å²) in [4.78, 5) is 2.29. The first-order chi connectivity index (χ1) is 16.5. The van der Waals surface area contributed by atoms with E-state index in [1.54, 1.807) is 31.2 Å². The van der Waals surface area contributed by atoms with Crippen molar-refractivity contribution in [1.82, 2.24) is 10.2 Å². The van der Waals surface area contributed by atoms with E-state index in [-0.39, 0.29) is 10.6 Å². The van der Waals surface area contributed by atoms with Gasteiger partial charge in [-0.3, -0.25) is 4.72 Å². The number of hydrogen-bond acceptors (Lipinski definition) is 7. The van der Waals surface area contributed by atoms with E-state index < -0.39 is 10.0 Å². The Morgan fingerprint density at radius 3 is 2.26 bits per heavy atom. The molecule has 1 saturated heterocycles. The van der Waals surface area contributed by atoms with Crippen LogP contribution in [-0.4, -0.2) is 44.9 Å². The second-order valence-corrected chi connectivity index (χ2v) is 9.63. The minimum Gasteiger partial charge on any atom is -0.494 e. The van der Waals surface area contributed by atoms with Crippen LogP contribution in [0.4, 0.5) is 11.5 Å². The van der Waals surface area contributed by atoms with E-state index in [0.29, 0.717) is 24.7 Å². The summed E-state index contributed by atoms with van der Waals surface area (Å²) in [5.41, 5.74) is 2.03. The highest BCUT2D eigenvalue weighted by Crippen LogP contribution is 2.31. The number of nitrogens with one attached hydrogen (secondary N) is 1. The van der Waals surface area contributed by atoms with E-state index in [9.17, 15) is 8.42 Å². The largest absolute Gasteiger partial charge is 0.494 e. The van der Waals surface area contributed by atoms with Crippen LogP contribution >= 0.6 is 0 Å². The van der Waals surface area contributed by atoms with Gasteiger partial charge in [0.2, 0.25) is 0 Å². The third-order valence-electron chi connectivity index (χ3n) is 5.58. The lowest BCUT2D eigenvalue weighted by Gasteiger charge is -2.27. The van der Waals surface area contributed by atoms with Gasteiger partial charge in [-0.25, -0.2) is 8.42 Å². The molecule has 3 aromatic rings. The molecule has 1 aromatic heterocycles. The van der Waals surface area contributed by atoms with Gasteiger partial charge in [0.15, 0.2) is 5.82 Å². The minimum atomic E-state index is -3.89. The molecular formula is C25H30N4O4S. The molecule has 0 amide bonds. The van der Waals surface area contributed by atoms with Crippen LogP contribution in [0.2, 0.25) is 0 Å². The van der Waals surface area contributed by atoms with Crippen LogP contribution < -0.4 is 19.1 Å². The molecule has 0 aliphatic carbocycles. The summed E-state index contributed by atoms with van der Waals surface area (Å²) in [6.45, 7) is 6.47. The van der Waals surface area contributed by atoms with Crippen molar-refractivity contribution < 1.29 is 17.9 Å². The molecular weight excluding hydrogens is 452 g/mol. The molecule has 4 rings (SSSR count). The quantitative estimate of drug-likeness (QED) is 0.471. The summed E-state index contributed by atoms with van der Waals surface area (Å²) in [7, 11) is -3.89. The van der Waals surface area contributed by atoms with Gasteiger partial charge in [-0.1, -0.05) is 12.1 Å². The fourth-order valence-corrected chi connectivity index (χ4v) is 5.14. The van der Waals surface area contributed by atoms with Crippen molar-refractivity contribution in [2.75, 3.05) is 35.9 Å². The molecule has 8 nitrogen and oxygen atoms in total. The molecule has 1 aliphatic rings. The van der Waals surface area contributed by atoms with Crippen LogP contribution in [0.1, 0.15) is 33.1 Å². The van der Waals surface area contributed by atoms with Crippen molar-refractivity contribution in [2.24, 2.45) is 0 Å². The molecule has 0 atom stereocenters. The lowest BCUT2D eigenvalue weighted by Crippen LogP contribution is -2.30. The third kappa shape index (κ3) is 5.59. The second kappa shape index (κ2) is 10.7. The fraction of sp³-hybridized carbons (Fsp3) is 0.360. The molecule has 0 saturated carbocycles. The maximum absolute atomic E-state index is 13.1. The Bertz CT molecular complexity index is 1190. The molecule has 34 heavy (non-hydrogen) atoms. The van der Waals surface area contributed by atoms with Crippen molar-refractivity contribution >= 4 is 21.5 Å². The van der Waals surface area contributed by atoms with Crippen molar-refractivity contribution in [3.05, 3.63) is 54.6 Å². The lowest BCUT2D eigenvalue weighted by atomic mass is 10.1. The Morgan fingerprint density at radius 1 is 0.882 bits per heavy atom. The molecule has 1 aliphatic heterocycles. The maximum atomic E-state index is 13.1. The molecule has 0 spiro atoms. The van der Waals surface area contributed by atoms with Gasteiger partial charge in [-0.05, 0) is 69.5 Å². The van der Waals surface area contributed by atoms with Crippen molar-refractivity contribution in [3.8, 4) is 22.8 Å². The van der Waals surface area contributed by atoms with Gasteiger partial charge in [-0.15, -0.1) is 10.2 Å². The highest BCUT2D eigenvalue weighted by Gasteiger charge is 2.21. The van der Waals surface area contributed by atoms with Gasteiger partial charge in [-0.2, -0.15) is 0 Å². The van der Waals surface area contributed by atoms with E-state index in [2.05, 4.69) is 19.8 Å². The Morgan fingerprint density at radius 2 is 1.62 bits per heavy atom. The molecule has 2 heterocycles. The molecule has 180 valence electrons. The molecule has 1 fully saturated rings. The second-order valence-electron chi connectivity index (χ2n) is 7.98. The lowest BCUT2D eigenvalue weighted by molar-refractivity contribution is 0.322. The van der Waals surface area contributed by atoms with Gasteiger partial charge < -0.3 is 14.4 Å². The van der Waals surface area contributed by atoms with E-state index in [4.69, 9.17) is 9.47 Å². The Labute approximate surface area is 201 Å². The number of ether oxygens (including phenoxy) is 2. The number of benzene rings is 2. The van der Waals surface area contributed by atoms with Gasteiger partial charge in [0.1, 0.15) is 16.4 Å². The number of anilines is 2. The molecule has 0 bridgehead atoms. The van der Waals surface area contributed by atoms with E-state index in [1.807, 2.05) is 31.2 Å². The van der Waals surface area contributed by atoms with Crippen molar-refractivity contribution in [1.29, 1.82) is 0 Å². The zero-order valence-electron chi connectivity index (χ0n) is 19.5. The van der Waals surface area contributed by atoms with Gasteiger partial charge >= 0.3 is 0 Å². The van der Waals surface area contributed by atoms with E-state index >= 15 is 0 Å². The summed E-state index contributed by atoms with van der Waals surface area (Å²) >= 11 is 0. The average molecular weight is 483 g/mol. The van der Waals surface area contributed by atoms with E-state index in [0.717, 1.165) is 30.2 Å². The summed E-state index contributed by atoms with van der Waals surface area (Å²) in [5, 5.41) is 8.76. The number of aromatic nitrogens is 2. The molecule has 0 radical (unpaired) electrons. The van der Waals surface area contributed by atoms with Crippen LogP contribution in [0.15, 0.2) is 59.5 Å². The Hall–Kier alpha value is -3.33. The Balaban J connectivity index is 1.50. The first kappa shape index (κ1) is 23.8. The maximum Gasteiger partial charge on any atom is 0.265 e. The topological polar surface area (TPSA) is 93.6 Å². The predicted molar refractivity (Wildman–Crippen MR) is 133 cm³/mol. The van der Waals surface area contributed by atoms with Crippen LogP contribution in [0.5, 0.6) is 11.5 Å². The van der Waals surface area contributed by atoms with Crippen LogP contribution in [0, 0.1) is 0 Å². The predicted octanol–water partition coefficient (Wildman–Crippen LogP) is 4.73. The number of hydrogen-bond donors (Lipinski definition) is 1. The molecule has 1 N–H and O–H groups in total. The summed E-state index contributed by atoms with van der Waals surface area (Å²) in [6, 6.07) is 15.8.